The van der Waals surface area contributed by atoms with Crippen molar-refractivity contribution in [2.24, 2.45) is 0 Å². The van der Waals surface area contributed by atoms with Gasteiger partial charge in [0.2, 0.25) is 0 Å². The van der Waals surface area contributed by atoms with Gasteiger partial charge in [0.25, 0.3) is 5.56 Å². The van der Waals surface area contributed by atoms with Crippen LogP contribution in [0.4, 0.5) is 5.82 Å². The Morgan fingerprint density at radius 1 is 1.00 bits per heavy atom. The third kappa shape index (κ3) is 4.41. The summed E-state index contributed by atoms with van der Waals surface area (Å²) in [4.78, 5) is 19.7. The lowest BCUT2D eigenvalue weighted by atomic mass is 9.97. The van der Waals surface area contributed by atoms with Crippen LogP contribution in [-0.2, 0) is 19.4 Å². The Labute approximate surface area is 188 Å². The molecule has 0 bridgehead atoms. The minimum absolute atomic E-state index is 0.0426. The van der Waals surface area contributed by atoms with Crippen LogP contribution in [0.2, 0.25) is 0 Å². The second-order valence-electron chi connectivity index (χ2n) is 9.29. The monoisotopic (exact) mass is 435 g/mol. The molecule has 1 saturated heterocycles. The fraction of sp³-hybridized carbons (Fsp3) is 0.583. The van der Waals surface area contributed by atoms with Crippen molar-refractivity contribution in [3.8, 4) is 0 Å². The Morgan fingerprint density at radius 2 is 1.88 bits per heavy atom. The summed E-state index contributed by atoms with van der Waals surface area (Å²) in [5, 5.41) is 12.9. The second-order valence-corrected chi connectivity index (χ2v) is 9.29. The van der Waals surface area contributed by atoms with E-state index in [1.807, 2.05) is 30.5 Å². The van der Waals surface area contributed by atoms with Crippen molar-refractivity contribution >= 4 is 11.5 Å². The van der Waals surface area contributed by atoms with Crippen molar-refractivity contribution in [1.29, 1.82) is 0 Å². The van der Waals surface area contributed by atoms with E-state index >= 15 is 0 Å². The number of aromatic nitrogens is 5. The number of anilines is 1. The SMILES string of the molecule is Cc1cc(NCC2CCCCN2CCn2nc3c(cc2=O)CCCC3)n2nc(C)cc2n1. The first-order valence-corrected chi connectivity index (χ1v) is 12.0. The fourth-order valence-corrected chi connectivity index (χ4v) is 5.13. The summed E-state index contributed by atoms with van der Waals surface area (Å²) < 4.78 is 3.58. The molecule has 5 rings (SSSR count). The zero-order valence-electron chi connectivity index (χ0n) is 19.2. The molecule has 0 saturated carbocycles. The van der Waals surface area contributed by atoms with Crippen LogP contribution in [0.5, 0.6) is 0 Å². The molecule has 32 heavy (non-hydrogen) atoms. The third-order valence-corrected chi connectivity index (χ3v) is 6.82. The molecule has 1 atom stereocenters. The molecule has 8 heteroatoms. The van der Waals surface area contributed by atoms with Crippen LogP contribution in [0.3, 0.4) is 0 Å². The molecule has 0 spiro atoms. The summed E-state index contributed by atoms with van der Waals surface area (Å²) in [5.41, 5.74) is 5.15. The van der Waals surface area contributed by atoms with E-state index in [0.29, 0.717) is 12.6 Å². The average molecular weight is 436 g/mol. The van der Waals surface area contributed by atoms with E-state index in [4.69, 9.17) is 5.10 Å². The van der Waals surface area contributed by atoms with Gasteiger partial charge in [-0.25, -0.2) is 9.67 Å². The highest BCUT2D eigenvalue weighted by Crippen LogP contribution is 2.20. The van der Waals surface area contributed by atoms with Gasteiger partial charge in [-0.2, -0.15) is 14.7 Å². The van der Waals surface area contributed by atoms with Gasteiger partial charge < -0.3 is 5.32 Å². The second kappa shape index (κ2) is 9.02. The number of likely N-dealkylation sites (tertiary alicyclic amines) is 1. The number of hydrogen-bond donors (Lipinski definition) is 1. The Morgan fingerprint density at radius 3 is 2.78 bits per heavy atom. The van der Waals surface area contributed by atoms with Crippen molar-refractivity contribution in [3.63, 3.8) is 0 Å². The lowest BCUT2D eigenvalue weighted by Gasteiger charge is -2.36. The number of rotatable bonds is 6. The maximum Gasteiger partial charge on any atom is 0.267 e. The van der Waals surface area contributed by atoms with Crippen LogP contribution >= 0.6 is 0 Å². The van der Waals surface area contributed by atoms with Crippen LogP contribution in [-0.4, -0.2) is 55.0 Å². The van der Waals surface area contributed by atoms with Crippen molar-refractivity contribution in [3.05, 3.63) is 51.2 Å². The molecule has 0 aromatic carbocycles. The zero-order valence-corrected chi connectivity index (χ0v) is 19.2. The molecular formula is C24H33N7O. The lowest BCUT2D eigenvalue weighted by molar-refractivity contribution is 0.147. The van der Waals surface area contributed by atoms with Gasteiger partial charge >= 0.3 is 0 Å². The number of hydrogen-bond acceptors (Lipinski definition) is 6. The topological polar surface area (TPSA) is 80.4 Å². The van der Waals surface area contributed by atoms with Gasteiger partial charge in [-0.15, -0.1) is 0 Å². The molecule has 0 radical (unpaired) electrons. The largest absolute Gasteiger partial charge is 0.368 e. The fourth-order valence-electron chi connectivity index (χ4n) is 5.13. The van der Waals surface area contributed by atoms with Gasteiger partial charge in [0, 0.05) is 43.0 Å². The van der Waals surface area contributed by atoms with Gasteiger partial charge in [0.1, 0.15) is 5.82 Å². The molecule has 170 valence electrons. The molecule has 8 nitrogen and oxygen atoms in total. The smallest absolute Gasteiger partial charge is 0.267 e. The first-order valence-electron chi connectivity index (χ1n) is 12.0. The number of fused-ring (bicyclic) bond motifs is 2. The standard InChI is InChI=1S/C24H33N7O/c1-17-13-22(31-23(26-17)14-18(2)27-31)25-16-20-8-5-6-10-29(20)11-12-30-24(32)15-19-7-3-4-9-21(19)28-30/h13-15,20,25H,3-12,16H2,1-2H3. The molecule has 3 aromatic rings. The Bertz CT molecular complexity index is 1170. The maximum atomic E-state index is 12.6. The Balaban J connectivity index is 1.27. The summed E-state index contributed by atoms with van der Waals surface area (Å²) in [7, 11) is 0. The van der Waals surface area contributed by atoms with Gasteiger partial charge in [-0.1, -0.05) is 6.42 Å². The quantitative estimate of drug-likeness (QED) is 0.641. The number of aryl methyl sites for hydroxylation is 4. The van der Waals surface area contributed by atoms with Crippen LogP contribution in [0, 0.1) is 13.8 Å². The molecule has 1 fully saturated rings. The Kier molecular flexibility index (Phi) is 5.95. The molecule has 2 aliphatic rings. The predicted octanol–water partition coefficient (Wildman–Crippen LogP) is 2.75. The zero-order chi connectivity index (χ0) is 22.1. The summed E-state index contributed by atoms with van der Waals surface area (Å²) in [6.07, 6.45) is 7.95. The molecule has 3 aromatic heterocycles. The number of nitrogens with zero attached hydrogens (tertiary/aromatic N) is 6. The van der Waals surface area contributed by atoms with Gasteiger partial charge in [-0.05, 0) is 64.5 Å². The van der Waals surface area contributed by atoms with Crippen LogP contribution in [0.1, 0.15) is 54.7 Å². The molecule has 1 aliphatic carbocycles. The van der Waals surface area contributed by atoms with Crippen molar-refractivity contribution in [2.45, 2.75) is 71.4 Å². The first kappa shape index (κ1) is 21.1. The average Bonchev–Trinajstić information content (AvgIpc) is 3.16. The minimum Gasteiger partial charge on any atom is -0.368 e. The number of piperidine rings is 1. The van der Waals surface area contributed by atoms with E-state index in [9.17, 15) is 4.79 Å². The third-order valence-electron chi connectivity index (χ3n) is 6.82. The van der Waals surface area contributed by atoms with Crippen molar-refractivity contribution < 1.29 is 0 Å². The van der Waals surface area contributed by atoms with E-state index in [1.54, 1.807) is 4.68 Å². The summed E-state index contributed by atoms with van der Waals surface area (Å²) in [6.45, 7) is 7.43. The van der Waals surface area contributed by atoms with E-state index in [2.05, 4.69) is 26.4 Å². The van der Waals surface area contributed by atoms with Gasteiger partial charge in [0.15, 0.2) is 5.65 Å². The normalized spacial score (nSPS) is 19.2. The van der Waals surface area contributed by atoms with Crippen molar-refractivity contribution in [1.82, 2.24) is 29.3 Å². The predicted molar refractivity (Wildman–Crippen MR) is 125 cm³/mol. The maximum absolute atomic E-state index is 12.6. The summed E-state index contributed by atoms with van der Waals surface area (Å²) in [5.74, 6) is 0.985. The van der Waals surface area contributed by atoms with E-state index in [-0.39, 0.29) is 5.56 Å². The molecule has 1 unspecified atom stereocenters. The van der Waals surface area contributed by atoms with E-state index < -0.39 is 0 Å². The highest BCUT2D eigenvalue weighted by Gasteiger charge is 2.23. The van der Waals surface area contributed by atoms with Crippen LogP contribution in [0.25, 0.3) is 5.65 Å². The lowest BCUT2D eigenvalue weighted by Crippen LogP contribution is -2.46. The minimum atomic E-state index is 0.0426. The van der Waals surface area contributed by atoms with E-state index in [1.165, 1.54) is 25.7 Å². The molecule has 1 aliphatic heterocycles. The highest BCUT2D eigenvalue weighted by molar-refractivity contribution is 5.50. The highest BCUT2D eigenvalue weighted by atomic mass is 16.1. The van der Waals surface area contributed by atoms with Gasteiger partial charge in [0.05, 0.1) is 17.9 Å². The molecule has 4 heterocycles. The van der Waals surface area contributed by atoms with Crippen LogP contribution < -0.4 is 10.9 Å². The van der Waals surface area contributed by atoms with E-state index in [0.717, 1.165) is 73.0 Å². The van der Waals surface area contributed by atoms with Crippen molar-refractivity contribution in [2.75, 3.05) is 25.0 Å². The summed E-state index contributed by atoms with van der Waals surface area (Å²) in [6, 6.07) is 6.31. The van der Waals surface area contributed by atoms with Gasteiger partial charge in [-0.3, -0.25) is 9.69 Å². The van der Waals surface area contributed by atoms with Crippen LogP contribution in [0.15, 0.2) is 23.0 Å². The number of nitrogens with one attached hydrogen (secondary N) is 1. The Hall–Kier alpha value is -2.74. The summed E-state index contributed by atoms with van der Waals surface area (Å²) >= 11 is 0. The molecule has 0 amide bonds. The molecule has 1 N–H and O–H groups in total. The molecular weight excluding hydrogens is 402 g/mol. The first-order chi connectivity index (χ1) is 15.6.